The van der Waals surface area contributed by atoms with Crippen molar-refractivity contribution >= 4 is 24.2 Å². The number of carbonyl (C=O) groups excluding carboxylic acids is 4. The molecule has 0 amide bonds. The van der Waals surface area contributed by atoms with Gasteiger partial charge in [-0.05, 0) is 70.2 Å². The van der Waals surface area contributed by atoms with Gasteiger partial charge in [0, 0.05) is 0 Å². The fourth-order valence-corrected chi connectivity index (χ4v) is 2.89. The first-order valence-corrected chi connectivity index (χ1v) is 11.3. The molecule has 0 aliphatic carbocycles. The summed E-state index contributed by atoms with van der Waals surface area (Å²) in [4.78, 5) is 64.0. The van der Waals surface area contributed by atoms with E-state index in [0.29, 0.717) is 30.4 Å². The van der Waals surface area contributed by atoms with Crippen LogP contribution in [0.2, 0.25) is 0 Å². The van der Waals surface area contributed by atoms with E-state index in [0.717, 1.165) is 11.1 Å². The summed E-state index contributed by atoms with van der Waals surface area (Å²) in [6.07, 6.45) is -1.03. The second-order valence-corrected chi connectivity index (χ2v) is 7.94. The van der Waals surface area contributed by atoms with Gasteiger partial charge >= 0.3 is 24.2 Å². The number of benzene rings is 2. The zero-order chi connectivity index (χ0) is 27.2. The molecule has 2 rings (SSSR count). The minimum absolute atomic E-state index is 0.0188. The third-order valence-corrected chi connectivity index (χ3v) is 4.88. The Morgan fingerprint density at radius 2 is 0.973 bits per heavy atom. The minimum atomic E-state index is -1.19. The molecule has 0 unspecified atom stereocenters. The molecule has 0 aliphatic rings. The van der Waals surface area contributed by atoms with E-state index in [9.17, 15) is 19.2 Å². The van der Waals surface area contributed by atoms with Crippen molar-refractivity contribution in [3.8, 4) is 0 Å². The van der Waals surface area contributed by atoms with E-state index in [-0.39, 0.29) is 24.3 Å². The Kier molecular flexibility index (Phi) is 11.8. The lowest BCUT2D eigenvalue weighted by molar-refractivity contribution is -0.452. The van der Waals surface area contributed by atoms with Gasteiger partial charge in [-0.3, -0.25) is 9.78 Å². The molecule has 12 heteroatoms. The summed E-state index contributed by atoms with van der Waals surface area (Å²) in [5.74, 6) is -1.64. The Morgan fingerprint density at radius 1 is 0.568 bits per heavy atom. The molecule has 2 aromatic rings. The molecule has 37 heavy (non-hydrogen) atoms. The number of carbonyl (C=O) groups is 4. The lowest BCUT2D eigenvalue weighted by atomic mass is 10.1. The van der Waals surface area contributed by atoms with E-state index in [1.54, 1.807) is 38.1 Å². The Morgan fingerprint density at radius 3 is 1.38 bits per heavy atom. The Hall–Kier alpha value is -4.16. The van der Waals surface area contributed by atoms with E-state index in [1.165, 1.54) is 0 Å². The standard InChI is InChI=1S/C25H28O12/c1-16-8-10-18(3)20(14-16)22(26)32-36-34-24(28)30-12-6-5-7-13-31-25(29)35-37-33-23(27)21-15-17(2)9-11-19(21)4/h8-11,14-15H,5-7,12-13H2,1-4H3. The van der Waals surface area contributed by atoms with Crippen molar-refractivity contribution in [2.75, 3.05) is 13.2 Å². The van der Waals surface area contributed by atoms with Gasteiger partial charge in [-0.15, -0.1) is 0 Å². The molecule has 2 aromatic carbocycles. The van der Waals surface area contributed by atoms with Crippen LogP contribution in [0.4, 0.5) is 9.59 Å². The van der Waals surface area contributed by atoms with Gasteiger partial charge in [0.05, 0.1) is 34.4 Å². The van der Waals surface area contributed by atoms with Crippen molar-refractivity contribution < 1.29 is 58.3 Å². The van der Waals surface area contributed by atoms with E-state index in [2.05, 4.69) is 29.6 Å². The third kappa shape index (κ3) is 10.5. The van der Waals surface area contributed by atoms with Crippen LogP contribution >= 0.6 is 0 Å². The predicted octanol–water partition coefficient (Wildman–Crippen LogP) is 5.10. The fraction of sp³-hybridized carbons (Fsp3) is 0.360. The van der Waals surface area contributed by atoms with Gasteiger partial charge in [-0.2, -0.15) is 0 Å². The molecule has 0 atom stereocenters. The Balaban J connectivity index is 1.47. The van der Waals surface area contributed by atoms with Crippen LogP contribution in [0.1, 0.15) is 62.2 Å². The highest BCUT2D eigenvalue weighted by Gasteiger charge is 2.16. The van der Waals surface area contributed by atoms with E-state index < -0.39 is 24.2 Å². The molecule has 0 spiro atoms. The van der Waals surface area contributed by atoms with Gasteiger partial charge in [0.2, 0.25) is 0 Å². The number of ether oxygens (including phenoxy) is 2. The first-order valence-electron chi connectivity index (χ1n) is 11.3. The van der Waals surface area contributed by atoms with E-state index in [1.807, 2.05) is 26.0 Å². The average Bonchev–Trinajstić information content (AvgIpc) is 2.86. The second kappa shape index (κ2) is 15.1. The molecule has 200 valence electrons. The SMILES string of the molecule is Cc1ccc(C)c(C(=O)OOOC(=O)OCCCCCOC(=O)OOOC(=O)c2cc(C)ccc2C)c1. The van der Waals surface area contributed by atoms with Crippen LogP contribution in [0.3, 0.4) is 0 Å². The largest absolute Gasteiger partial charge is 0.543 e. The topological polar surface area (TPSA) is 142 Å². The highest BCUT2D eigenvalue weighted by molar-refractivity contribution is 5.91. The smallest absolute Gasteiger partial charge is 0.432 e. The maximum absolute atomic E-state index is 11.9. The molecule has 0 heterocycles. The number of rotatable bonds is 12. The highest BCUT2D eigenvalue weighted by atomic mass is 17.5. The van der Waals surface area contributed by atoms with Gasteiger partial charge in [-0.1, -0.05) is 35.4 Å². The summed E-state index contributed by atoms with van der Waals surface area (Å²) in [5, 5.41) is 8.35. The maximum atomic E-state index is 11.9. The fourth-order valence-electron chi connectivity index (χ4n) is 2.89. The molecular weight excluding hydrogens is 492 g/mol. The summed E-state index contributed by atoms with van der Waals surface area (Å²) >= 11 is 0. The zero-order valence-corrected chi connectivity index (χ0v) is 20.9. The van der Waals surface area contributed by atoms with Crippen molar-refractivity contribution in [1.82, 2.24) is 0 Å². The van der Waals surface area contributed by atoms with Crippen molar-refractivity contribution in [3.63, 3.8) is 0 Å². The third-order valence-electron chi connectivity index (χ3n) is 4.88. The van der Waals surface area contributed by atoms with Gasteiger partial charge in [0.1, 0.15) is 0 Å². The van der Waals surface area contributed by atoms with Crippen molar-refractivity contribution in [1.29, 1.82) is 0 Å². The van der Waals surface area contributed by atoms with Crippen molar-refractivity contribution in [3.05, 3.63) is 69.8 Å². The zero-order valence-electron chi connectivity index (χ0n) is 20.9. The predicted molar refractivity (Wildman–Crippen MR) is 124 cm³/mol. The molecule has 0 aliphatic heterocycles. The summed E-state index contributed by atoms with van der Waals surface area (Å²) in [7, 11) is 0. The second-order valence-electron chi connectivity index (χ2n) is 7.94. The average molecular weight is 520 g/mol. The molecular formula is C25H28O12. The normalized spacial score (nSPS) is 10.3. The first kappa shape index (κ1) is 29.1. The van der Waals surface area contributed by atoms with Gasteiger partial charge in [-0.25, -0.2) is 29.0 Å². The molecule has 12 nitrogen and oxygen atoms in total. The van der Waals surface area contributed by atoms with Gasteiger partial charge in [0.25, 0.3) is 0 Å². The molecule has 0 fully saturated rings. The van der Waals surface area contributed by atoms with Crippen molar-refractivity contribution in [2.24, 2.45) is 0 Å². The molecule has 0 radical (unpaired) electrons. The molecule has 0 saturated heterocycles. The minimum Gasteiger partial charge on any atom is -0.432 e. The Bertz CT molecular complexity index is 1010. The Labute approximate surface area is 213 Å². The molecule has 0 bridgehead atoms. The summed E-state index contributed by atoms with van der Waals surface area (Å²) in [6.45, 7) is 7.02. The molecule has 0 aromatic heterocycles. The van der Waals surface area contributed by atoms with Gasteiger partial charge < -0.3 is 9.47 Å². The van der Waals surface area contributed by atoms with Crippen LogP contribution in [0.5, 0.6) is 0 Å². The van der Waals surface area contributed by atoms with Crippen LogP contribution in [0, 0.1) is 27.7 Å². The highest BCUT2D eigenvalue weighted by Crippen LogP contribution is 2.13. The van der Waals surface area contributed by atoms with Crippen LogP contribution in [-0.2, 0) is 39.1 Å². The summed E-state index contributed by atoms with van der Waals surface area (Å²) < 4.78 is 9.50. The van der Waals surface area contributed by atoms with Crippen LogP contribution in [-0.4, -0.2) is 37.5 Å². The summed E-state index contributed by atoms with van der Waals surface area (Å²) in [6, 6.07) is 10.4. The van der Waals surface area contributed by atoms with Crippen LogP contribution in [0.25, 0.3) is 0 Å². The summed E-state index contributed by atoms with van der Waals surface area (Å²) in [5.41, 5.74) is 3.58. The van der Waals surface area contributed by atoms with Crippen LogP contribution < -0.4 is 0 Å². The maximum Gasteiger partial charge on any atom is 0.543 e. The van der Waals surface area contributed by atoms with E-state index in [4.69, 9.17) is 9.47 Å². The van der Waals surface area contributed by atoms with Crippen molar-refractivity contribution in [2.45, 2.75) is 47.0 Å². The number of aryl methyl sites for hydroxylation is 4. The molecule has 0 saturated carbocycles. The lowest BCUT2D eigenvalue weighted by Gasteiger charge is -2.07. The number of hydrogen-bond donors (Lipinski definition) is 0. The monoisotopic (exact) mass is 520 g/mol. The van der Waals surface area contributed by atoms with Gasteiger partial charge in [0.15, 0.2) is 0 Å². The number of hydrogen-bond acceptors (Lipinski definition) is 12. The molecule has 0 N–H and O–H groups in total. The van der Waals surface area contributed by atoms with E-state index >= 15 is 0 Å². The van der Waals surface area contributed by atoms with Crippen LogP contribution in [0.15, 0.2) is 36.4 Å². The lowest BCUT2D eigenvalue weighted by Crippen LogP contribution is -2.14. The first-order chi connectivity index (χ1) is 17.7. The number of unbranched alkanes of at least 4 members (excludes halogenated alkanes) is 2. The quantitative estimate of drug-likeness (QED) is 0.159.